The lowest BCUT2D eigenvalue weighted by Crippen LogP contribution is -2.32. The molecule has 3 aromatic heterocycles. The van der Waals surface area contributed by atoms with Gasteiger partial charge < -0.3 is 9.30 Å². The van der Waals surface area contributed by atoms with Gasteiger partial charge in [-0.15, -0.1) is 10.2 Å². The normalized spacial score (nSPS) is 11.6. The fourth-order valence-electron chi connectivity index (χ4n) is 4.36. The smallest absolute Gasteiger partial charge is 0.330 e. The van der Waals surface area contributed by atoms with Crippen molar-refractivity contribution in [3.63, 3.8) is 0 Å². The molecule has 0 saturated carbocycles. The number of aromatic amines is 2. The summed E-state index contributed by atoms with van der Waals surface area (Å²) in [6, 6.07) is 16.0. The van der Waals surface area contributed by atoms with Gasteiger partial charge in [-0.2, -0.15) is 5.21 Å². The lowest BCUT2D eigenvalue weighted by atomic mass is 9.98. The molecular formula is C25H26N8O3. The van der Waals surface area contributed by atoms with E-state index >= 15 is 0 Å². The summed E-state index contributed by atoms with van der Waals surface area (Å²) in [5.41, 5.74) is 3.66. The number of ether oxygens (including phenoxy) is 1. The maximum Gasteiger partial charge on any atom is 0.330 e. The first-order chi connectivity index (χ1) is 17.5. The third-order valence-electron chi connectivity index (χ3n) is 6.07. The second-order valence-electron chi connectivity index (χ2n) is 8.76. The Balaban J connectivity index is 1.55. The molecular weight excluding hydrogens is 460 g/mol. The first-order valence-corrected chi connectivity index (χ1v) is 11.6. The van der Waals surface area contributed by atoms with Gasteiger partial charge in [-0.05, 0) is 21.9 Å². The first-order valence-electron chi connectivity index (χ1n) is 11.6. The number of hydrogen-bond acceptors (Lipinski definition) is 7. The number of rotatable bonds is 8. The first kappa shape index (κ1) is 23.4. The van der Waals surface area contributed by atoms with Crippen LogP contribution in [0.5, 0.6) is 0 Å². The molecule has 2 N–H and O–H groups in total. The van der Waals surface area contributed by atoms with Crippen LogP contribution >= 0.6 is 0 Å². The van der Waals surface area contributed by atoms with E-state index in [2.05, 4.69) is 25.6 Å². The van der Waals surface area contributed by atoms with Gasteiger partial charge in [-0.3, -0.25) is 14.3 Å². The van der Waals surface area contributed by atoms with Crippen molar-refractivity contribution in [1.82, 2.24) is 39.7 Å². The van der Waals surface area contributed by atoms with Crippen molar-refractivity contribution < 1.29 is 4.74 Å². The maximum absolute atomic E-state index is 12.9. The lowest BCUT2D eigenvalue weighted by Gasteiger charge is -2.12. The maximum atomic E-state index is 12.9. The molecule has 3 heterocycles. The highest BCUT2D eigenvalue weighted by atomic mass is 16.5. The van der Waals surface area contributed by atoms with Crippen molar-refractivity contribution in [3.8, 4) is 22.5 Å². The second-order valence-corrected chi connectivity index (χ2v) is 8.76. The van der Waals surface area contributed by atoms with Crippen LogP contribution in [0.1, 0.15) is 31.2 Å². The van der Waals surface area contributed by atoms with Crippen LogP contribution in [-0.4, -0.2) is 53.4 Å². The summed E-state index contributed by atoms with van der Waals surface area (Å²) in [5, 5.41) is 14.4. The molecule has 0 amide bonds. The number of nitrogens with zero attached hydrogens (tertiary/aromatic N) is 6. The Morgan fingerprint density at radius 3 is 2.42 bits per heavy atom. The number of hydrogen-bond donors (Lipinski definition) is 2. The van der Waals surface area contributed by atoms with Crippen molar-refractivity contribution in [2.75, 3.05) is 13.7 Å². The fraction of sp³-hybridized carbons (Fsp3) is 0.280. The number of H-pyrrole nitrogens is 2. The highest BCUT2D eigenvalue weighted by molar-refractivity contribution is 5.80. The number of fused-ring (bicyclic) bond motifs is 1. The van der Waals surface area contributed by atoms with E-state index in [1.807, 2.05) is 66.9 Å². The van der Waals surface area contributed by atoms with E-state index in [0.29, 0.717) is 36.7 Å². The summed E-state index contributed by atoms with van der Waals surface area (Å²) in [4.78, 5) is 32.5. The molecule has 2 aromatic carbocycles. The molecule has 184 valence electrons. The molecule has 0 bridgehead atoms. The molecule has 0 aliphatic rings. The topological polar surface area (TPSA) is 136 Å². The lowest BCUT2D eigenvalue weighted by molar-refractivity contribution is 0.187. The van der Waals surface area contributed by atoms with Gasteiger partial charge in [0.05, 0.1) is 13.2 Å². The highest BCUT2D eigenvalue weighted by Gasteiger charge is 2.20. The molecule has 0 atom stereocenters. The minimum absolute atomic E-state index is 0.0453. The summed E-state index contributed by atoms with van der Waals surface area (Å²) in [5.74, 6) is 1.31. The molecule has 0 unspecified atom stereocenters. The standard InChI is InChI=1S/C25H26N8O3/c1-15(2)22-26-23-20(24(34)27-25(35)32(23)12-13-36-3)33(22)14-16-8-10-17(11-9-16)18-6-4-5-7-19(18)21-28-30-31-29-21/h4-11,15H,12-14H2,1-3H3,(H,27,34,35)(H,28,29,30,31). The van der Waals surface area contributed by atoms with E-state index < -0.39 is 11.2 Å². The van der Waals surface area contributed by atoms with Gasteiger partial charge in [0.25, 0.3) is 5.56 Å². The van der Waals surface area contributed by atoms with Crippen LogP contribution in [0.4, 0.5) is 0 Å². The minimum Gasteiger partial charge on any atom is -0.383 e. The zero-order chi connectivity index (χ0) is 25.2. The summed E-state index contributed by atoms with van der Waals surface area (Å²) < 4.78 is 8.49. The van der Waals surface area contributed by atoms with Crippen molar-refractivity contribution in [2.24, 2.45) is 0 Å². The molecule has 5 aromatic rings. The number of tetrazole rings is 1. The van der Waals surface area contributed by atoms with Crippen LogP contribution in [0.3, 0.4) is 0 Å². The molecule has 11 nitrogen and oxygen atoms in total. The quantitative estimate of drug-likeness (QED) is 0.344. The van der Waals surface area contributed by atoms with E-state index in [1.54, 1.807) is 7.11 Å². The second kappa shape index (κ2) is 9.70. The number of methoxy groups -OCH3 is 1. The van der Waals surface area contributed by atoms with E-state index in [0.717, 1.165) is 28.1 Å². The minimum atomic E-state index is -0.492. The molecule has 11 heteroatoms. The van der Waals surface area contributed by atoms with Crippen LogP contribution in [0.15, 0.2) is 58.1 Å². The number of nitrogens with one attached hydrogen (secondary N) is 2. The predicted octanol–water partition coefficient (Wildman–Crippen LogP) is 2.55. The monoisotopic (exact) mass is 486 g/mol. The molecule has 0 saturated heterocycles. The zero-order valence-corrected chi connectivity index (χ0v) is 20.2. The molecule has 36 heavy (non-hydrogen) atoms. The van der Waals surface area contributed by atoms with Crippen molar-refractivity contribution in [2.45, 2.75) is 32.9 Å². The van der Waals surface area contributed by atoms with Crippen LogP contribution < -0.4 is 11.2 Å². The SMILES string of the molecule is COCCn1c(=O)[nH]c(=O)c2c1nc(C(C)C)n2Cc1ccc(-c2ccccc2-c2nn[nH]n2)cc1. The van der Waals surface area contributed by atoms with Crippen molar-refractivity contribution >= 4 is 11.2 Å². The van der Waals surface area contributed by atoms with Gasteiger partial charge in [0, 0.05) is 25.1 Å². The third kappa shape index (κ3) is 4.24. The van der Waals surface area contributed by atoms with Crippen molar-refractivity contribution in [3.05, 3.63) is 80.8 Å². The Morgan fingerprint density at radius 2 is 1.75 bits per heavy atom. The van der Waals surface area contributed by atoms with Gasteiger partial charge in [0.15, 0.2) is 11.2 Å². The fourth-order valence-corrected chi connectivity index (χ4v) is 4.36. The molecule has 0 radical (unpaired) electrons. The third-order valence-corrected chi connectivity index (χ3v) is 6.07. The number of aromatic nitrogens is 8. The molecule has 5 rings (SSSR count). The largest absolute Gasteiger partial charge is 0.383 e. The molecule has 0 spiro atoms. The Kier molecular flexibility index (Phi) is 6.30. The zero-order valence-electron chi connectivity index (χ0n) is 20.2. The summed E-state index contributed by atoms with van der Waals surface area (Å²) in [6.45, 7) is 5.09. The van der Waals surface area contributed by atoms with E-state index in [-0.39, 0.29) is 5.92 Å². The number of benzene rings is 2. The van der Waals surface area contributed by atoms with Crippen LogP contribution in [-0.2, 0) is 17.8 Å². The van der Waals surface area contributed by atoms with Crippen LogP contribution in [0, 0.1) is 0 Å². The Labute approximate surface area is 205 Å². The Morgan fingerprint density at radius 1 is 1.00 bits per heavy atom. The number of imidazole rings is 1. The Hall–Kier alpha value is -4.38. The predicted molar refractivity (Wildman–Crippen MR) is 135 cm³/mol. The van der Waals surface area contributed by atoms with Gasteiger partial charge in [0.2, 0.25) is 5.82 Å². The molecule has 0 fully saturated rings. The van der Waals surface area contributed by atoms with Gasteiger partial charge in [-0.25, -0.2) is 9.78 Å². The van der Waals surface area contributed by atoms with Crippen LogP contribution in [0.2, 0.25) is 0 Å². The van der Waals surface area contributed by atoms with Crippen LogP contribution in [0.25, 0.3) is 33.7 Å². The van der Waals surface area contributed by atoms with E-state index in [4.69, 9.17) is 9.72 Å². The van der Waals surface area contributed by atoms with Crippen molar-refractivity contribution in [1.29, 1.82) is 0 Å². The summed E-state index contributed by atoms with van der Waals surface area (Å²) in [7, 11) is 1.57. The van der Waals surface area contributed by atoms with Gasteiger partial charge in [-0.1, -0.05) is 62.4 Å². The average Bonchev–Trinajstić information content (AvgIpc) is 3.54. The molecule has 0 aliphatic heterocycles. The Bertz CT molecular complexity index is 1610. The van der Waals surface area contributed by atoms with E-state index in [9.17, 15) is 9.59 Å². The van der Waals surface area contributed by atoms with Gasteiger partial charge in [0.1, 0.15) is 5.82 Å². The summed E-state index contributed by atoms with van der Waals surface area (Å²) >= 11 is 0. The average molecular weight is 487 g/mol. The highest BCUT2D eigenvalue weighted by Crippen LogP contribution is 2.30. The summed E-state index contributed by atoms with van der Waals surface area (Å²) in [6.07, 6.45) is 0. The van der Waals surface area contributed by atoms with E-state index in [1.165, 1.54) is 4.57 Å². The van der Waals surface area contributed by atoms with Gasteiger partial charge >= 0.3 is 5.69 Å². The molecule has 0 aliphatic carbocycles.